The Balaban J connectivity index is 1.65. The van der Waals surface area contributed by atoms with Gasteiger partial charge in [0.05, 0.1) is 12.7 Å². The molecule has 212 valence electrons. The van der Waals surface area contributed by atoms with E-state index in [1.165, 1.54) is 7.11 Å². The van der Waals surface area contributed by atoms with E-state index >= 15 is 0 Å². The highest BCUT2D eigenvalue weighted by atomic mass is 16.5. The van der Waals surface area contributed by atoms with Crippen LogP contribution in [0.5, 0.6) is 0 Å². The molecule has 5 rings (SSSR count). The fraction of sp³-hybridized carbons (Fsp3) is 0.765. The summed E-state index contributed by atoms with van der Waals surface area (Å²) in [7, 11) is 1.46. The summed E-state index contributed by atoms with van der Waals surface area (Å²) in [5, 5.41) is 9.90. The average molecular weight is 534 g/mol. The van der Waals surface area contributed by atoms with Crippen molar-refractivity contribution in [1.29, 1.82) is 5.26 Å². The molecule has 5 heteroatoms. The Kier molecular flexibility index (Phi) is 6.27. The van der Waals surface area contributed by atoms with Gasteiger partial charge >= 0.3 is 5.97 Å². The Labute approximate surface area is 234 Å². The molecule has 5 aliphatic rings. The minimum Gasteiger partial charge on any atom is -0.469 e. The summed E-state index contributed by atoms with van der Waals surface area (Å²) in [4.78, 5) is 40.0. The highest BCUT2D eigenvalue weighted by Crippen LogP contribution is 2.75. The molecule has 0 amide bonds. The van der Waals surface area contributed by atoms with Gasteiger partial charge in [-0.1, -0.05) is 60.1 Å². The molecule has 0 aromatic heterocycles. The number of allylic oxidation sites excluding steroid dienone is 4. The van der Waals surface area contributed by atoms with Crippen molar-refractivity contribution in [3.05, 3.63) is 23.3 Å². The van der Waals surface area contributed by atoms with E-state index in [0.717, 1.165) is 56.9 Å². The molecule has 0 aromatic rings. The molecule has 1 unspecified atom stereocenters. The van der Waals surface area contributed by atoms with Crippen LogP contribution in [0, 0.1) is 61.6 Å². The van der Waals surface area contributed by atoms with Gasteiger partial charge in [-0.15, -0.1) is 0 Å². The number of carbonyl (C=O) groups excluding carboxylic acids is 3. The first-order valence-electron chi connectivity index (χ1n) is 15.0. The van der Waals surface area contributed by atoms with Crippen LogP contribution in [0.25, 0.3) is 0 Å². The van der Waals surface area contributed by atoms with E-state index in [4.69, 9.17) is 4.74 Å². The molecule has 5 nitrogen and oxygen atoms in total. The number of ketones is 2. The number of ether oxygens (including phenoxy) is 1. The zero-order chi connectivity index (χ0) is 28.8. The molecule has 0 spiro atoms. The summed E-state index contributed by atoms with van der Waals surface area (Å²) >= 11 is 0. The molecule has 0 heterocycles. The molecule has 3 saturated carbocycles. The predicted molar refractivity (Wildman–Crippen MR) is 150 cm³/mol. The fourth-order valence-electron chi connectivity index (χ4n) is 10.6. The van der Waals surface area contributed by atoms with Gasteiger partial charge in [-0.3, -0.25) is 14.4 Å². The number of Topliss-reactive ketones (excluding diaryl/α,β-unsaturated/α-hetero) is 1. The third-order valence-corrected chi connectivity index (χ3v) is 13.1. The highest BCUT2D eigenvalue weighted by Gasteiger charge is 2.69. The van der Waals surface area contributed by atoms with Crippen molar-refractivity contribution in [2.24, 2.45) is 50.2 Å². The smallest absolute Gasteiger partial charge is 0.305 e. The van der Waals surface area contributed by atoms with Crippen LogP contribution < -0.4 is 0 Å². The van der Waals surface area contributed by atoms with Crippen LogP contribution in [-0.4, -0.2) is 24.6 Å². The van der Waals surface area contributed by atoms with Gasteiger partial charge in [-0.25, -0.2) is 0 Å². The van der Waals surface area contributed by atoms with E-state index in [9.17, 15) is 19.6 Å². The van der Waals surface area contributed by atoms with E-state index in [2.05, 4.69) is 40.7 Å². The second-order valence-corrected chi connectivity index (χ2v) is 15.7. The number of hydrogen-bond donors (Lipinski definition) is 0. The van der Waals surface area contributed by atoms with Crippen molar-refractivity contribution in [1.82, 2.24) is 0 Å². The van der Waals surface area contributed by atoms with Crippen molar-refractivity contribution >= 4 is 17.5 Å². The summed E-state index contributed by atoms with van der Waals surface area (Å²) < 4.78 is 5.03. The van der Waals surface area contributed by atoms with E-state index in [-0.39, 0.29) is 62.5 Å². The van der Waals surface area contributed by atoms with E-state index < -0.39 is 10.8 Å². The van der Waals surface area contributed by atoms with Gasteiger partial charge in [0.15, 0.2) is 11.6 Å². The molecule has 5 aliphatic carbocycles. The van der Waals surface area contributed by atoms with E-state index in [1.54, 1.807) is 0 Å². The standard InChI is InChI=1S/C34H47NO4/c1-29(2)13-15-34(12-10-26(37)39-8)16-14-33(7)27(22(34)19-29)23(36)17-25-31(5)18-21(20-35)28(38)30(3,4)24(31)9-11-32(25,33)6/h17-18,22,24,27H,9-16,19H2,1-8H3/t22-,24+,27?,31+,32-,33-,34-/m1/s1. The third-order valence-electron chi connectivity index (χ3n) is 13.1. The number of nitrogens with zero attached hydrogens (tertiary/aromatic N) is 1. The lowest BCUT2D eigenvalue weighted by Gasteiger charge is -2.69. The number of rotatable bonds is 3. The first-order valence-corrected chi connectivity index (χ1v) is 15.0. The van der Waals surface area contributed by atoms with Gasteiger partial charge in [-0.2, -0.15) is 5.26 Å². The predicted octanol–water partition coefficient (Wildman–Crippen LogP) is 7.16. The molecule has 7 atom stereocenters. The minimum absolute atomic E-state index is 0.0144. The lowest BCUT2D eigenvalue weighted by atomic mass is 9.34. The Bertz CT molecular complexity index is 1230. The van der Waals surface area contributed by atoms with Crippen LogP contribution >= 0.6 is 0 Å². The summed E-state index contributed by atoms with van der Waals surface area (Å²) in [5.41, 5.74) is -0.0693. The monoisotopic (exact) mass is 533 g/mol. The van der Waals surface area contributed by atoms with Gasteiger partial charge in [0.1, 0.15) is 6.07 Å². The molecule has 0 N–H and O–H groups in total. The summed E-state index contributed by atoms with van der Waals surface area (Å²) in [6.45, 7) is 15.6. The SMILES string of the molecule is COC(=O)CC[C@]12CCC(C)(C)C[C@@H]1C1C(=O)C=C3[C@@]4(C)C=C(C#N)C(=O)C(C)(C)[C@@H]4CC[C@@]3(C)[C@]1(C)CC2. The molecule has 0 saturated heterocycles. The maximum absolute atomic E-state index is 14.5. The topological polar surface area (TPSA) is 84.2 Å². The van der Waals surface area contributed by atoms with E-state index in [1.807, 2.05) is 26.0 Å². The number of methoxy groups -OCH3 is 1. The second-order valence-electron chi connectivity index (χ2n) is 15.7. The first kappa shape index (κ1) is 28.3. The third kappa shape index (κ3) is 3.72. The van der Waals surface area contributed by atoms with Crippen LogP contribution in [0.15, 0.2) is 23.3 Å². The Morgan fingerprint density at radius 2 is 1.69 bits per heavy atom. The summed E-state index contributed by atoms with van der Waals surface area (Å²) in [5.74, 6) is 0.185. The van der Waals surface area contributed by atoms with Crippen molar-refractivity contribution in [3.8, 4) is 6.07 Å². The average Bonchev–Trinajstić information content (AvgIpc) is 2.86. The lowest BCUT2D eigenvalue weighted by molar-refractivity contribution is -0.173. The van der Waals surface area contributed by atoms with Gasteiger partial charge in [0.25, 0.3) is 0 Å². The van der Waals surface area contributed by atoms with Crippen molar-refractivity contribution < 1.29 is 19.1 Å². The van der Waals surface area contributed by atoms with Crippen molar-refractivity contribution in [3.63, 3.8) is 0 Å². The molecule has 0 aliphatic heterocycles. The Morgan fingerprint density at radius 1 is 1.03 bits per heavy atom. The molecular weight excluding hydrogens is 486 g/mol. The van der Waals surface area contributed by atoms with Crippen LogP contribution in [0.1, 0.15) is 106 Å². The highest BCUT2D eigenvalue weighted by molar-refractivity contribution is 6.04. The second kappa shape index (κ2) is 8.64. The minimum atomic E-state index is -0.652. The van der Waals surface area contributed by atoms with Crippen molar-refractivity contribution in [2.75, 3.05) is 7.11 Å². The molecule has 0 bridgehead atoms. The van der Waals surface area contributed by atoms with Gasteiger partial charge in [0.2, 0.25) is 0 Å². The number of nitriles is 1. The molecule has 0 aromatic carbocycles. The number of fused-ring (bicyclic) bond motifs is 7. The molecule has 3 fully saturated rings. The maximum atomic E-state index is 14.5. The Hall–Kier alpha value is -2.22. The number of hydrogen-bond acceptors (Lipinski definition) is 5. The summed E-state index contributed by atoms with van der Waals surface area (Å²) in [6.07, 6.45) is 12.1. The van der Waals surface area contributed by atoms with Crippen LogP contribution in [0.4, 0.5) is 0 Å². The van der Waals surface area contributed by atoms with Gasteiger partial charge in [-0.05, 0) is 90.9 Å². The fourth-order valence-corrected chi connectivity index (χ4v) is 10.6. The molecule has 39 heavy (non-hydrogen) atoms. The zero-order valence-electron chi connectivity index (χ0n) is 25.3. The normalized spacial score (nSPS) is 43.9. The first-order chi connectivity index (χ1) is 18.0. The number of carbonyl (C=O) groups is 3. The Morgan fingerprint density at radius 3 is 2.33 bits per heavy atom. The van der Waals surface area contributed by atoms with Gasteiger partial charge in [0, 0.05) is 23.2 Å². The summed E-state index contributed by atoms with van der Waals surface area (Å²) in [6, 6.07) is 2.19. The van der Waals surface area contributed by atoms with Crippen LogP contribution in [0.2, 0.25) is 0 Å². The zero-order valence-corrected chi connectivity index (χ0v) is 25.3. The van der Waals surface area contributed by atoms with Gasteiger partial charge < -0.3 is 4.74 Å². The molecule has 0 radical (unpaired) electrons. The van der Waals surface area contributed by atoms with E-state index in [0.29, 0.717) is 6.42 Å². The largest absolute Gasteiger partial charge is 0.469 e. The maximum Gasteiger partial charge on any atom is 0.305 e. The quantitative estimate of drug-likeness (QED) is 0.359. The van der Waals surface area contributed by atoms with Crippen LogP contribution in [0.3, 0.4) is 0 Å². The molecular formula is C34H47NO4. The van der Waals surface area contributed by atoms with Crippen molar-refractivity contribution in [2.45, 2.75) is 106 Å². The lowest BCUT2D eigenvalue weighted by Crippen LogP contribution is -2.64. The number of esters is 1. The van der Waals surface area contributed by atoms with Crippen LogP contribution in [-0.2, 0) is 19.1 Å².